The van der Waals surface area contributed by atoms with Crippen LogP contribution in [0.3, 0.4) is 0 Å². The highest BCUT2D eigenvalue weighted by Crippen LogP contribution is 2.30. The average Bonchev–Trinajstić information content (AvgIpc) is 3.18. The molecule has 2 atom stereocenters. The van der Waals surface area contributed by atoms with Crippen molar-refractivity contribution in [3.8, 4) is 0 Å². The maximum absolute atomic E-state index is 14.0. The number of aliphatic hydroxyl groups excluding tert-OH is 1. The van der Waals surface area contributed by atoms with Crippen LogP contribution in [0.15, 0.2) is 83.9 Å². The SMILES string of the molecule is Cc1ccc(S(=O)(=O)OCC(O)C(c2cccc(F)c2)n2ccc3cccc(C)c32)cc1. The van der Waals surface area contributed by atoms with Gasteiger partial charge in [0, 0.05) is 6.20 Å². The third kappa shape index (κ3) is 4.46. The molecule has 0 saturated heterocycles. The quantitative estimate of drug-likeness (QED) is 0.410. The topological polar surface area (TPSA) is 68.5 Å². The second-order valence-electron chi connectivity index (χ2n) is 7.85. The number of fused-ring (bicyclic) bond motifs is 1. The van der Waals surface area contributed by atoms with Crippen LogP contribution in [0.5, 0.6) is 0 Å². The molecule has 7 heteroatoms. The lowest BCUT2D eigenvalue weighted by molar-refractivity contribution is 0.0784. The van der Waals surface area contributed by atoms with E-state index in [1.165, 1.54) is 24.3 Å². The van der Waals surface area contributed by atoms with Gasteiger partial charge in [-0.1, -0.05) is 48.0 Å². The molecule has 0 spiro atoms. The smallest absolute Gasteiger partial charge is 0.297 e. The summed E-state index contributed by atoms with van der Waals surface area (Å²) in [6, 6.07) is 19.2. The summed E-state index contributed by atoms with van der Waals surface area (Å²) in [6.07, 6.45) is 0.553. The zero-order valence-corrected chi connectivity index (χ0v) is 18.6. The molecule has 0 bridgehead atoms. The van der Waals surface area contributed by atoms with Crippen molar-refractivity contribution in [2.75, 3.05) is 6.61 Å². The summed E-state index contributed by atoms with van der Waals surface area (Å²) in [7, 11) is -4.06. The molecule has 0 amide bonds. The molecule has 32 heavy (non-hydrogen) atoms. The fourth-order valence-electron chi connectivity index (χ4n) is 3.92. The van der Waals surface area contributed by atoms with Crippen LogP contribution in [0.2, 0.25) is 0 Å². The molecule has 0 aliphatic heterocycles. The van der Waals surface area contributed by atoms with Gasteiger partial charge in [0.15, 0.2) is 0 Å². The second kappa shape index (κ2) is 8.86. The Morgan fingerprint density at radius 1 is 1.00 bits per heavy atom. The van der Waals surface area contributed by atoms with Crippen molar-refractivity contribution in [3.05, 3.63) is 102 Å². The largest absolute Gasteiger partial charge is 0.388 e. The Labute approximate surface area is 186 Å². The predicted molar refractivity (Wildman–Crippen MR) is 122 cm³/mol. The Kier molecular flexibility index (Phi) is 6.15. The van der Waals surface area contributed by atoms with Gasteiger partial charge in [0.1, 0.15) is 11.9 Å². The molecule has 1 heterocycles. The monoisotopic (exact) mass is 453 g/mol. The van der Waals surface area contributed by atoms with Gasteiger partial charge in [-0.15, -0.1) is 0 Å². The Morgan fingerprint density at radius 3 is 2.44 bits per heavy atom. The van der Waals surface area contributed by atoms with Gasteiger partial charge in [0.25, 0.3) is 10.1 Å². The van der Waals surface area contributed by atoms with Crippen LogP contribution in [0.25, 0.3) is 10.9 Å². The highest BCUT2D eigenvalue weighted by molar-refractivity contribution is 7.86. The van der Waals surface area contributed by atoms with Gasteiger partial charge in [0.05, 0.1) is 23.1 Å². The number of nitrogens with zero attached hydrogens (tertiary/aromatic N) is 1. The van der Waals surface area contributed by atoms with Crippen molar-refractivity contribution in [1.82, 2.24) is 4.57 Å². The zero-order valence-electron chi connectivity index (χ0n) is 17.8. The minimum absolute atomic E-state index is 0.0138. The molecular formula is C25H24FNO4S. The fourth-order valence-corrected chi connectivity index (χ4v) is 4.84. The molecule has 0 aliphatic rings. The molecule has 1 aromatic heterocycles. The average molecular weight is 454 g/mol. The van der Waals surface area contributed by atoms with Crippen LogP contribution in [-0.2, 0) is 14.3 Å². The molecule has 4 aromatic rings. The Balaban J connectivity index is 1.69. The van der Waals surface area contributed by atoms with Crippen LogP contribution < -0.4 is 0 Å². The summed E-state index contributed by atoms with van der Waals surface area (Å²) < 4.78 is 46.3. The molecule has 2 unspecified atom stereocenters. The number of halogens is 1. The van der Waals surface area contributed by atoms with Crippen LogP contribution in [0.1, 0.15) is 22.7 Å². The molecule has 0 saturated carbocycles. The summed E-state index contributed by atoms with van der Waals surface area (Å²) in [5, 5.41) is 12.1. The van der Waals surface area contributed by atoms with E-state index in [-0.39, 0.29) is 4.90 Å². The maximum atomic E-state index is 14.0. The third-order valence-electron chi connectivity index (χ3n) is 5.50. The standard InChI is InChI=1S/C25H24FNO4S/c1-17-9-11-22(12-10-17)32(29,30)31-16-23(28)25(20-7-4-8-21(26)15-20)27-14-13-19-6-3-5-18(2)24(19)27/h3-15,23,25,28H,16H2,1-2H3. The van der Waals surface area contributed by atoms with Gasteiger partial charge in [0.2, 0.25) is 0 Å². The lowest BCUT2D eigenvalue weighted by atomic mass is 10.0. The summed E-state index contributed by atoms with van der Waals surface area (Å²) >= 11 is 0. The number of benzene rings is 3. The van der Waals surface area contributed by atoms with Gasteiger partial charge < -0.3 is 9.67 Å². The Bertz CT molecular complexity index is 1350. The molecule has 0 fully saturated rings. The van der Waals surface area contributed by atoms with E-state index < -0.39 is 34.7 Å². The van der Waals surface area contributed by atoms with Crippen molar-refractivity contribution in [2.24, 2.45) is 0 Å². The molecule has 4 rings (SSSR count). The van der Waals surface area contributed by atoms with E-state index in [4.69, 9.17) is 4.18 Å². The van der Waals surface area contributed by atoms with E-state index in [0.717, 1.165) is 22.0 Å². The summed E-state index contributed by atoms with van der Waals surface area (Å²) in [6.45, 7) is 3.32. The molecular weight excluding hydrogens is 429 g/mol. The van der Waals surface area contributed by atoms with Crippen molar-refractivity contribution in [2.45, 2.75) is 30.9 Å². The Morgan fingerprint density at radius 2 is 1.72 bits per heavy atom. The second-order valence-corrected chi connectivity index (χ2v) is 9.47. The molecule has 166 valence electrons. The van der Waals surface area contributed by atoms with E-state index in [0.29, 0.717) is 5.56 Å². The lowest BCUT2D eigenvalue weighted by Gasteiger charge is -2.26. The summed E-state index contributed by atoms with van der Waals surface area (Å²) in [4.78, 5) is 0.0138. The van der Waals surface area contributed by atoms with Gasteiger partial charge in [-0.2, -0.15) is 8.42 Å². The van der Waals surface area contributed by atoms with E-state index in [9.17, 15) is 17.9 Å². The first-order valence-electron chi connectivity index (χ1n) is 10.2. The van der Waals surface area contributed by atoms with Crippen LogP contribution in [-0.4, -0.2) is 30.8 Å². The first-order chi connectivity index (χ1) is 15.3. The van der Waals surface area contributed by atoms with E-state index in [2.05, 4.69) is 0 Å². The zero-order chi connectivity index (χ0) is 22.9. The first-order valence-corrected chi connectivity index (χ1v) is 11.6. The van der Waals surface area contributed by atoms with Crippen molar-refractivity contribution >= 4 is 21.0 Å². The van der Waals surface area contributed by atoms with Crippen LogP contribution in [0, 0.1) is 19.7 Å². The summed E-state index contributed by atoms with van der Waals surface area (Å²) in [5.41, 5.74) is 3.29. The minimum Gasteiger partial charge on any atom is -0.388 e. The van der Waals surface area contributed by atoms with Gasteiger partial charge in [-0.25, -0.2) is 4.39 Å². The number of aryl methyl sites for hydroxylation is 2. The molecule has 1 N–H and O–H groups in total. The number of para-hydroxylation sites is 1. The maximum Gasteiger partial charge on any atom is 0.297 e. The predicted octanol–water partition coefficient (Wildman–Crippen LogP) is 4.75. The first kappa shape index (κ1) is 22.2. The highest BCUT2D eigenvalue weighted by Gasteiger charge is 2.28. The van der Waals surface area contributed by atoms with Gasteiger partial charge in [-0.3, -0.25) is 4.18 Å². The fraction of sp³-hybridized carbons (Fsp3) is 0.200. The van der Waals surface area contributed by atoms with Crippen molar-refractivity contribution in [1.29, 1.82) is 0 Å². The third-order valence-corrected chi connectivity index (χ3v) is 6.80. The normalized spacial score (nSPS) is 13.9. The van der Waals surface area contributed by atoms with Gasteiger partial charge in [-0.05, 0) is 60.7 Å². The highest BCUT2D eigenvalue weighted by atomic mass is 32.2. The Hall–Kier alpha value is -3.00. The van der Waals surface area contributed by atoms with Crippen LogP contribution in [0.4, 0.5) is 4.39 Å². The summed E-state index contributed by atoms with van der Waals surface area (Å²) in [5.74, 6) is -0.443. The number of aromatic nitrogens is 1. The molecule has 0 radical (unpaired) electrons. The van der Waals surface area contributed by atoms with E-state index in [1.54, 1.807) is 24.3 Å². The molecule has 0 aliphatic carbocycles. The number of rotatable bonds is 7. The van der Waals surface area contributed by atoms with E-state index in [1.807, 2.05) is 48.9 Å². The van der Waals surface area contributed by atoms with Crippen molar-refractivity contribution < 1.29 is 22.1 Å². The minimum atomic E-state index is -4.06. The molecule has 5 nitrogen and oxygen atoms in total. The van der Waals surface area contributed by atoms with Gasteiger partial charge >= 0.3 is 0 Å². The molecule has 3 aromatic carbocycles. The number of aliphatic hydroxyl groups is 1. The van der Waals surface area contributed by atoms with Crippen molar-refractivity contribution in [3.63, 3.8) is 0 Å². The number of hydrogen-bond acceptors (Lipinski definition) is 4. The number of hydrogen-bond donors (Lipinski definition) is 1. The van der Waals surface area contributed by atoms with E-state index >= 15 is 0 Å². The van der Waals surface area contributed by atoms with Crippen LogP contribution >= 0.6 is 0 Å². The lowest BCUT2D eigenvalue weighted by Crippen LogP contribution is -2.30.